The van der Waals surface area contributed by atoms with Gasteiger partial charge in [0, 0.05) is 33.9 Å². The zero-order valence-corrected chi connectivity index (χ0v) is 11.6. The standard InChI is InChI=1S/C12H14N2O2S2/c1-8-7-17-11(14-8)6-13-5-10-3-2-9(18-10)4-12(15)16/h2-3,7,13H,4-6H2,1H3,(H,15,16). The van der Waals surface area contributed by atoms with E-state index in [2.05, 4.69) is 10.3 Å². The van der Waals surface area contributed by atoms with Crippen LogP contribution in [0.2, 0.25) is 0 Å². The second kappa shape index (κ2) is 6.08. The second-order valence-corrected chi connectivity index (χ2v) is 6.12. The molecule has 0 saturated heterocycles. The summed E-state index contributed by atoms with van der Waals surface area (Å²) in [5.41, 5.74) is 1.05. The van der Waals surface area contributed by atoms with Crippen molar-refractivity contribution < 1.29 is 9.90 Å². The van der Waals surface area contributed by atoms with Gasteiger partial charge in [-0.25, -0.2) is 4.98 Å². The second-order valence-electron chi connectivity index (χ2n) is 3.92. The molecule has 2 aromatic heterocycles. The van der Waals surface area contributed by atoms with Crippen LogP contribution in [-0.4, -0.2) is 16.1 Å². The molecule has 6 heteroatoms. The average Bonchev–Trinajstić information content (AvgIpc) is 2.88. The van der Waals surface area contributed by atoms with Gasteiger partial charge in [-0.3, -0.25) is 4.79 Å². The molecule has 0 radical (unpaired) electrons. The van der Waals surface area contributed by atoms with Gasteiger partial charge in [0.05, 0.1) is 6.42 Å². The van der Waals surface area contributed by atoms with Gasteiger partial charge >= 0.3 is 5.97 Å². The number of carboxylic acids is 1. The summed E-state index contributed by atoms with van der Waals surface area (Å²) in [5.74, 6) is -0.783. The maximum atomic E-state index is 10.6. The van der Waals surface area contributed by atoms with Crippen molar-refractivity contribution >= 4 is 28.6 Å². The van der Waals surface area contributed by atoms with Crippen LogP contribution in [-0.2, 0) is 24.3 Å². The monoisotopic (exact) mass is 282 g/mol. The predicted molar refractivity (Wildman–Crippen MR) is 73.1 cm³/mol. The molecular formula is C12H14N2O2S2. The maximum Gasteiger partial charge on any atom is 0.308 e. The van der Waals surface area contributed by atoms with E-state index < -0.39 is 5.97 Å². The Morgan fingerprint density at radius 1 is 1.39 bits per heavy atom. The molecule has 0 fully saturated rings. The molecule has 0 amide bonds. The van der Waals surface area contributed by atoms with Gasteiger partial charge in [0.2, 0.25) is 0 Å². The Morgan fingerprint density at radius 3 is 2.83 bits per heavy atom. The van der Waals surface area contributed by atoms with Crippen LogP contribution in [0.15, 0.2) is 17.5 Å². The Hall–Kier alpha value is -1.24. The van der Waals surface area contributed by atoms with Crippen LogP contribution in [0.25, 0.3) is 0 Å². The van der Waals surface area contributed by atoms with E-state index in [0.717, 1.165) is 33.5 Å². The minimum Gasteiger partial charge on any atom is -0.481 e. The lowest BCUT2D eigenvalue weighted by molar-refractivity contribution is -0.136. The summed E-state index contributed by atoms with van der Waals surface area (Å²) in [6.07, 6.45) is 0.107. The van der Waals surface area contributed by atoms with Crippen LogP contribution < -0.4 is 5.32 Å². The van der Waals surface area contributed by atoms with Crippen LogP contribution in [0, 0.1) is 6.92 Å². The normalized spacial score (nSPS) is 10.7. The minimum absolute atomic E-state index is 0.107. The third-order valence-corrected chi connectivity index (χ3v) is 4.34. The van der Waals surface area contributed by atoms with Gasteiger partial charge in [0.25, 0.3) is 0 Å². The summed E-state index contributed by atoms with van der Waals surface area (Å²) in [7, 11) is 0. The Balaban J connectivity index is 1.79. The largest absolute Gasteiger partial charge is 0.481 e. The molecule has 2 rings (SSSR count). The number of thiazole rings is 1. The molecule has 0 spiro atoms. The lowest BCUT2D eigenvalue weighted by atomic mass is 10.3. The molecule has 0 aliphatic carbocycles. The molecule has 2 N–H and O–H groups in total. The number of carboxylic acid groups (broad SMARTS) is 1. The Kier molecular flexibility index (Phi) is 4.46. The first-order chi connectivity index (χ1) is 8.63. The fourth-order valence-electron chi connectivity index (χ4n) is 1.54. The Labute approximate surface area is 113 Å². The summed E-state index contributed by atoms with van der Waals surface area (Å²) < 4.78 is 0. The van der Waals surface area contributed by atoms with Crippen molar-refractivity contribution in [2.45, 2.75) is 26.4 Å². The number of carbonyl (C=O) groups is 1. The van der Waals surface area contributed by atoms with Crippen molar-refractivity contribution in [3.8, 4) is 0 Å². The van der Waals surface area contributed by atoms with Crippen molar-refractivity contribution in [1.29, 1.82) is 0 Å². The zero-order chi connectivity index (χ0) is 13.0. The number of hydrogen-bond acceptors (Lipinski definition) is 5. The Bertz CT molecular complexity index is 534. The molecule has 18 heavy (non-hydrogen) atoms. The van der Waals surface area contributed by atoms with Crippen molar-refractivity contribution in [2.24, 2.45) is 0 Å². The molecule has 2 aromatic rings. The quantitative estimate of drug-likeness (QED) is 0.854. The highest BCUT2D eigenvalue weighted by molar-refractivity contribution is 7.12. The lowest BCUT2D eigenvalue weighted by Gasteiger charge is -1.99. The first kappa shape index (κ1) is 13.2. The molecule has 0 aliphatic rings. The fraction of sp³-hybridized carbons (Fsp3) is 0.333. The van der Waals surface area contributed by atoms with Gasteiger partial charge in [-0.05, 0) is 19.1 Å². The summed E-state index contributed by atoms with van der Waals surface area (Å²) >= 11 is 3.19. The van der Waals surface area contributed by atoms with E-state index in [9.17, 15) is 4.79 Å². The maximum absolute atomic E-state index is 10.6. The van der Waals surface area contributed by atoms with Gasteiger partial charge in [0.15, 0.2) is 0 Å². The number of aliphatic carboxylic acids is 1. The van der Waals surface area contributed by atoms with Crippen molar-refractivity contribution in [3.05, 3.63) is 38.0 Å². The van der Waals surface area contributed by atoms with Gasteiger partial charge in [-0.15, -0.1) is 22.7 Å². The molecule has 0 unspecified atom stereocenters. The van der Waals surface area contributed by atoms with Gasteiger partial charge in [-0.1, -0.05) is 0 Å². The third-order valence-electron chi connectivity index (χ3n) is 2.28. The van der Waals surface area contributed by atoms with Crippen molar-refractivity contribution in [1.82, 2.24) is 10.3 Å². The molecule has 0 aliphatic heterocycles. The van der Waals surface area contributed by atoms with Crippen LogP contribution >= 0.6 is 22.7 Å². The molecule has 0 saturated carbocycles. The number of aryl methyl sites for hydroxylation is 1. The number of nitrogens with one attached hydrogen (secondary N) is 1. The van der Waals surface area contributed by atoms with Gasteiger partial charge in [0.1, 0.15) is 5.01 Å². The average molecular weight is 282 g/mol. The lowest BCUT2D eigenvalue weighted by Crippen LogP contribution is -2.11. The highest BCUT2D eigenvalue weighted by atomic mass is 32.1. The highest BCUT2D eigenvalue weighted by Crippen LogP contribution is 2.17. The number of thiophene rings is 1. The van der Waals surface area contributed by atoms with Gasteiger partial charge in [-0.2, -0.15) is 0 Å². The number of hydrogen-bond donors (Lipinski definition) is 2. The van der Waals surface area contributed by atoms with E-state index in [-0.39, 0.29) is 6.42 Å². The Morgan fingerprint density at radius 2 is 2.17 bits per heavy atom. The number of aromatic nitrogens is 1. The van der Waals surface area contributed by atoms with Gasteiger partial charge < -0.3 is 10.4 Å². The van der Waals surface area contributed by atoms with E-state index in [4.69, 9.17) is 5.11 Å². The van der Waals surface area contributed by atoms with E-state index in [1.54, 1.807) is 22.7 Å². The van der Waals surface area contributed by atoms with E-state index in [1.165, 1.54) is 0 Å². The van der Waals surface area contributed by atoms with Crippen LogP contribution in [0.4, 0.5) is 0 Å². The molecule has 0 atom stereocenters. The van der Waals surface area contributed by atoms with E-state index in [0.29, 0.717) is 0 Å². The van der Waals surface area contributed by atoms with Crippen LogP contribution in [0.1, 0.15) is 20.5 Å². The van der Waals surface area contributed by atoms with Crippen molar-refractivity contribution in [2.75, 3.05) is 0 Å². The predicted octanol–water partition coefficient (Wildman–Crippen LogP) is 2.43. The minimum atomic E-state index is -0.783. The molecule has 2 heterocycles. The highest BCUT2D eigenvalue weighted by Gasteiger charge is 2.05. The molecule has 0 bridgehead atoms. The SMILES string of the molecule is Cc1csc(CNCc2ccc(CC(=O)O)s2)n1. The summed E-state index contributed by atoms with van der Waals surface area (Å²) in [5, 5.41) is 15.1. The van der Waals surface area contributed by atoms with Crippen molar-refractivity contribution in [3.63, 3.8) is 0 Å². The molecule has 0 aromatic carbocycles. The summed E-state index contributed by atoms with van der Waals surface area (Å²) in [6.45, 7) is 3.49. The zero-order valence-electron chi connectivity index (χ0n) is 9.97. The number of nitrogens with zero attached hydrogens (tertiary/aromatic N) is 1. The van der Waals surface area contributed by atoms with Crippen LogP contribution in [0.5, 0.6) is 0 Å². The number of rotatable bonds is 6. The fourth-order valence-corrected chi connectivity index (χ4v) is 3.26. The third kappa shape index (κ3) is 3.90. The topological polar surface area (TPSA) is 62.2 Å². The molecule has 96 valence electrons. The van der Waals surface area contributed by atoms with E-state index >= 15 is 0 Å². The van der Waals surface area contributed by atoms with E-state index in [1.807, 2.05) is 24.4 Å². The smallest absolute Gasteiger partial charge is 0.308 e. The molecular weight excluding hydrogens is 268 g/mol. The first-order valence-electron chi connectivity index (χ1n) is 5.54. The molecule has 4 nitrogen and oxygen atoms in total. The van der Waals surface area contributed by atoms with Crippen LogP contribution in [0.3, 0.4) is 0 Å². The summed E-state index contributed by atoms with van der Waals surface area (Å²) in [4.78, 5) is 17.0. The summed E-state index contributed by atoms with van der Waals surface area (Å²) in [6, 6.07) is 3.85. The first-order valence-corrected chi connectivity index (χ1v) is 7.24.